The zero-order valence-corrected chi connectivity index (χ0v) is 35.6. The van der Waals surface area contributed by atoms with Crippen molar-refractivity contribution >= 4 is 28.9 Å². The lowest BCUT2D eigenvalue weighted by molar-refractivity contribution is -0.122. The summed E-state index contributed by atoms with van der Waals surface area (Å²) in [4.78, 5) is 56.0. The number of Topliss-reactive ketones (excluding diaryl/α,β-unsaturated/α-hetero) is 5. The van der Waals surface area contributed by atoms with Crippen LogP contribution in [0.1, 0.15) is 177 Å². The number of piperidine rings is 1. The van der Waals surface area contributed by atoms with Crippen LogP contribution in [0.25, 0.3) is 0 Å². The van der Waals surface area contributed by atoms with E-state index >= 15 is 0 Å². The van der Waals surface area contributed by atoms with Crippen molar-refractivity contribution in [1.29, 1.82) is 0 Å². The van der Waals surface area contributed by atoms with Crippen molar-refractivity contribution in [2.45, 2.75) is 189 Å². The smallest absolute Gasteiger partial charge is 0.132 e. The molecule has 0 spiro atoms. The Morgan fingerprint density at radius 3 is 1.17 bits per heavy atom. The van der Waals surface area contributed by atoms with Gasteiger partial charge in [0.05, 0.1) is 0 Å². The van der Waals surface area contributed by atoms with Gasteiger partial charge in [0, 0.05) is 43.2 Å². The fourth-order valence-electron chi connectivity index (χ4n) is 8.14. The number of ketones is 5. The second-order valence-electron chi connectivity index (χ2n) is 16.6. The normalized spacial score (nSPS) is 26.3. The van der Waals surface area contributed by atoms with Gasteiger partial charge >= 0.3 is 0 Å². The summed E-state index contributed by atoms with van der Waals surface area (Å²) in [5.74, 6) is 4.79. The molecule has 4 rings (SSSR count). The lowest BCUT2D eigenvalue weighted by atomic mass is 9.79. The molecule has 0 bridgehead atoms. The molecule has 0 aromatic carbocycles. The van der Waals surface area contributed by atoms with E-state index in [0.717, 1.165) is 70.4 Å². The minimum atomic E-state index is 0.289. The molecule has 3 saturated carbocycles. The molecule has 1 saturated heterocycles. The van der Waals surface area contributed by atoms with Crippen LogP contribution >= 0.6 is 0 Å². The van der Waals surface area contributed by atoms with Crippen LogP contribution < -0.4 is 10.6 Å². The molecule has 1 heterocycles. The van der Waals surface area contributed by atoms with Gasteiger partial charge in [0.15, 0.2) is 0 Å². The molecular formula is C44H83N3O5. The van der Waals surface area contributed by atoms with E-state index in [0.29, 0.717) is 58.9 Å². The van der Waals surface area contributed by atoms with Crippen LogP contribution in [0.5, 0.6) is 0 Å². The van der Waals surface area contributed by atoms with Crippen LogP contribution in [0.15, 0.2) is 0 Å². The molecule has 8 nitrogen and oxygen atoms in total. The van der Waals surface area contributed by atoms with Crippen molar-refractivity contribution in [3.63, 3.8) is 0 Å². The van der Waals surface area contributed by atoms with Gasteiger partial charge in [-0.05, 0) is 183 Å². The lowest BCUT2D eigenvalue weighted by Gasteiger charge is -2.28. The second kappa shape index (κ2) is 30.5. The predicted molar refractivity (Wildman–Crippen MR) is 218 cm³/mol. The van der Waals surface area contributed by atoms with Gasteiger partial charge in [-0.15, -0.1) is 0 Å². The van der Waals surface area contributed by atoms with Gasteiger partial charge in [-0.25, -0.2) is 0 Å². The highest BCUT2D eigenvalue weighted by atomic mass is 16.1. The Morgan fingerprint density at radius 1 is 0.500 bits per heavy atom. The molecule has 1 aliphatic heterocycles. The fraction of sp³-hybridized carbons (Fsp3) is 0.886. The van der Waals surface area contributed by atoms with Crippen LogP contribution in [0, 0.1) is 29.6 Å². The van der Waals surface area contributed by atoms with Crippen molar-refractivity contribution in [2.75, 3.05) is 34.2 Å². The Balaban J connectivity index is 0.000000635. The zero-order chi connectivity index (χ0) is 39.5. The number of nitrogens with one attached hydrogen (secondary N) is 2. The summed E-state index contributed by atoms with van der Waals surface area (Å²) in [7, 11) is 6.17. The van der Waals surface area contributed by atoms with E-state index < -0.39 is 0 Å². The number of rotatable bonds is 12. The molecule has 0 atom stereocenters. The quantitative estimate of drug-likeness (QED) is 0.205. The highest BCUT2D eigenvalue weighted by Gasteiger charge is 2.24. The first kappa shape index (κ1) is 50.2. The van der Waals surface area contributed by atoms with Crippen LogP contribution in [0.2, 0.25) is 0 Å². The van der Waals surface area contributed by atoms with Crippen molar-refractivity contribution in [3.05, 3.63) is 0 Å². The van der Waals surface area contributed by atoms with Gasteiger partial charge in [0.25, 0.3) is 0 Å². The lowest BCUT2D eigenvalue weighted by Crippen LogP contribution is -2.31. The maximum absolute atomic E-state index is 11.1. The average Bonchev–Trinajstić information content (AvgIpc) is 3.11. The largest absolute Gasteiger partial charge is 0.317 e. The molecule has 0 aromatic rings. The van der Waals surface area contributed by atoms with E-state index in [1.54, 1.807) is 34.6 Å². The highest BCUT2D eigenvalue weighted by Crippen LogP contribution is 2.32. The highest BCUT2D eigenvalue weighted by molar-refractivity contribution is 5.78. The fourth-order valence-corrected chi connectivity index (χ4v) is 8.14. The molecule has 52 heavy (non-hydrogen) atoms. The molecule has 0 radical (unpaired) electrons. The SMILES string of the molecule is CC(=O)CC1CCN(C)CC1.CCCC(C)=O.CCCC1CCC(C(C)=O)CC1.CNC1CCC(C(C)=O)CC1.CNC1CCC(CC(C)=O)CC1. The van der Waals surface area contributed by atoms with Gasteiger partial charge in [0.1, 0.15) is 28.9 Å². The van der Waals surface area contributed by atoms with Gasteiger partial charge in [-0.2, -0.15) is 0 Å². The van der Waals surface area contributed by atoms with E-state index in [1.165, 1.54) is 77.0 Å². The van der Waals surface area contributed by atoms with E-state index in [4.69, 9.17) is 0 Å². The molecule has 8 heteroatoms. The maximum Gasteiger partial charge on any atom is 0.132 e. The van der Waals surface area contributed by atoms with Gasteiger partial charge < -0.3 is 29.9 Å². The second-order valence-corrected chi connectivity index (χ2v) is 16.6. The maximum atomic E-state index is 11.1. The Hall–Kier alpha value is -1.77. The summed E-state index contributed by atoms with van der Waals surface area (Å²) >= 11 is 0. The Bertz CT molecular complexity index is 968. The summed E-state index contributed by atoms with van der Waals surface area (Å²) < 4.78 is 0. The summed E-state index contributed by atoms with van der Waals surface area (Å²) in [5.41, 5.74) is 0. The summed E-state index contributed by atoms with van der Waals surface area (Å²) in [6.07, 6.45) is 22.7. The van der Waals surface area contributed by atoms with Crippen molar-refractivity contribution in [2.24, 2.45) is 29.6 Å². The van der Waals surface area contributed by atoms with E-state index in [2.05, 4.69) is 29.5 Å². The number of hydrogen-bond acceptors (Lipinski definition) is 8. The van der Waals surface area contributed by atoms with E-state index in [1.807, 2.05) is 21.0 Å². The standard InChI is InChI=1S/C11H20O.C10H19NO.2C9H17NO.C5H10O/c1-3-4-10-5-7-11(8-6-10)9(2)12;1-8(12)7-9-3-5-10(11-2)6-4-9;1-8(11)7-9-3-5-10(2)6-4-9;1-7(11)8-3-5-9(10-2)6-4-8;1-3-4-5(2)6/h10-11H,3-8H2,1-2H3;9-11H,3-7H2,1-2H3;9H,3-7H2,1-2H3;8-10H,3-6H2,1-2H3;3-4H2,1-2H3. The number of carbonyl (C=O) groups excluding carboxylic acids is 5. The summed E-state index contributed by atoms with van der Waals surface area (Å²) in [5, 5.41) is 6.54. The van der Waals surface area contributed by atoms with Crippen LogP contribution in [0.3, 0.4) is 0 Å². The van der Waals surface area contributed by atoms with Crippen LogP contribution in [-0.4, -0.2) is 80.1 Å². The summed E-state index contributed by atoms with van der Waals surface area (Å²) in [6, 6.07) is 1.36. The number of likely N-dealkylation sites (tertiary alicyclic amines) is 1. The van der Waals surface area contributed by atoms with Gasteiger partial charge in [0.2, 0.25) is 0 Å². The molecule has 0 aromatic heterocycles. The zero-order valence-electron chi connectivity index (χ0n) is 35.6. The first-order valence-electron chi connectivity index (χ1n) is 21.2. The first-order chi connectivity index (χ1) is 24.6. The summed E-state index contributed by atoms with van der Waals surface area (Å²) in [6.45, 7) is 15.0. The van der Waals surface area contributed by atoms with E-state index in [-0.39, 0.29) is 5.78 Å². The molecule has 4 fully saturated rings. The van der Waals surface area contributed by atoms with E-state index in [9.17, 15) is 24.0 Å². The van der Waals surface area contributed by atoms with Gasteiger partial charge in [-0.1, -0.05) is 26.7 Å². The number of hydrogen-bond donors (Lipinski definition) is 2. The molecule has 304 valence electrons. The van der Waals surface area contributed by atoms with Crippen LogP contribution in [-0.2, 0) is 24.0 Å². The first-order valence-corrected chi connectivity index (χ1v) is 21.2. The molecule has 3 aliphatic carbocycles. The Kier molecular flexibility index (Phi) is 29.5. The minimum Gasteiger partial charge on any atom is -0.317 e. The third-order valence-corrected chi connectivity index (χ3v) is 11.7. The molecular weight excluding hydrogens is 651 g/mol. The topological polar surface area (TPSA) is 113 Å². The predicted octanol–water partition coefficient (Wildman–Crippen LogP) is 8.96. The monoisotopic (exact) mass is 734 g/mol. The molecule has 0 unspecified atom stereocenters. The van der Waals surface area contributed by atoms with Crippen molar-refractivity contribution < 1.29 is 24.0 Å². The Labute approximate surface area is 320 Å². The number of nitrogens with zero attached hydrogens (tertiary/aromatic N) is 1. The average molecular weight is 734 g/mol. The molecule has 4 aliphatic rings. The number of carbonyl (C=O) groups is 5. The van der Waals surface area contributed by atoms with Crippen molar-refractivity contribution in [1.82, 2.24) is 15.5 Å². The third kappa shape index (κ3) is 26.1. The molecule has 0 amide bonds. The Morgan fingerprint density at radius 2 is 0.865 bits per heavy atom. The van der Waals surface area contributed by atoms with Crippen LogP contribution in [0.4, 0.5) is 0 Å². The molecule has 2 N–H and O–H groups in total. The van der Waals surface area contributed by atoms with Gasteiger partial charge in [-0.3, -0.25) is 9.59 Å². The third-order valence-electron chi connectivity index (χ3n) is 11.7. The van der Waals surface area contributed by atoms with Crippen molar-refractivity contribution in [3.8, 4) is 0 Å². The minimum absolute atomic E-state index is 0.289.